The van der Waals surface area contributed by atoms with Crippen molar-refractivity contribution >= 4 is 37.7 Å². The molecule has 0 saturated heterocycles. The topological polar surface area (TPSA) is 76.9 Å². The lowest BCUT2D eigenvalue weighted by molar-refractivity contribution is -0.122. The van der Waals surface area contributed by atoms with E-state index in [1.807, 2.05) is 26.8 Å². The highest BCUT2D eigenvalue weighted by Gasteiger charge is 2.29. The molecule has 6 nitrogen and oxygen atoms in total. The minimum Gasteiger partial charge on any atom is -0.352 e. The van der Waals surface area contributed by atoms with E-state index in [9.17, 15) is 9.59 Å². The number of thiophene rings is 1. The Bertz CT molecular complexity index is 1050. The van der Waals surface area contributed by atoms with Gasteiger partial charge in [-0.05, 0) is 51.2 Å². The van der Waals surface area contributed by atoms with Crippen molar-refractivity contribution in [2.45, 2.75) is 46.2 Å². The quantitative estimate of drug-likeness (QED) is 0.779. The van der Waals surface area contributed by atoms with Gasteiger partial charge >= 0.3 is 0 Å². The second kappa shape index (κ2) is 5.91. The van der Waals surface area contributed by atoms with Crippen molar-refractivity contribution in [1.82, 2.24) is 19.9 Å². The number of pyridine rings is 1. The number of hydrogen-bond donors (Lipinski definition) is 1. The Hall–Kier alpha value is -2.28. The first-order chi connectivity index (χ1) is 11.9. The number of nitrogens with one attached hydrogen (secondary N) is 1. The van der Waals surface area contributed by atoms with Gasteiger partial charge in [-0.25, -0.2) is 9.97 Å². The molecule has 0 radical (unpaired) electrons. The summed E-state index contributed by atoms with van der Waals surface area (Å²) in [5, 5.41) is 3.91. The van der Waals surface area contributed by atoms with Crippen molar-refractivity contribution < 1.29 is 4.79 Å². The van der Waals surface area contributed by atoms with Gasteiger partial charge in [0.25, 0.3) is 5.56 Å². The number of aryl methyl sites for hydroxylation is 2. The van der Waals surface area contributed by atoms with Crippen LogP contribution in [0.25, 0.3) is 20.4 Å². The van der Waals surface area contributed by atoms with E-state index >= 15 is 0 Å². The fourth-order valence-corrected chi connectivity index (χ4v) is 4.48. The monoisotopic (exact) mass is 356 g/mol. The van der Waals surface area contributed by atoms with Crippen molar-refractivity contribution in [2.24, 2.45) is 5.92 Å². The van der Waals surface area contributed by atoms with Crippen LogP contribution in [0.3, 0.4) is 0 Å². The Labute approximate surface area is 148 Å². The van der Waals surface area contributed by atoms with Crippen LogP contribution in [-0.2, 0) is 11.3 Å². The molecule has 0 aliphatic heterocycles. The minimum atomic E-state index is -0.181. The zero-order valence-corrected chi connectivity index (χ0v) is 15.3. The van der Waals surface area contributed by atoms with Gasteiger partial charge in [-0.15, -0.1) is 11.3 Å². The maximum Gasteiger partial charge on any atom is 0.271 e. The van der Waals surface area contributed by atoms with Gasteiger partial charge in [0, 0.05) is 17.1 Å². The Morgan fingerprint density at radius 2 is 2.20 bits per heavy atom. The van der Waals surface area contributed by atoms with Crippen LogP contribution >= 0.6 is 11.3 Å². The summed E-state index contributed by atoms with van der Waals surface area (Å²) in [7, 11) is 0. The summed E-state index contributed by atoms with van der Waals surface area (Å²) < 4.78 is 1.94. The predicted octanol–water partition coefficient (Wildman–Crippen LogP) is 2.54. The van der Waals surface area contributed by atoms with Gasteiger partial charge in [-0.2, -0.15) is 0 Å². The van der Waals surface area contributed by atoms with Crippen LogP contribution in [0.2, 0.25) is 0 Å². The molecule has 7 heteroatoms. The molecule has 0 aromatic carbocycles. The van der Waals surface area contributed by atoms with Crippen molar-refractivity contribution in [2.75, 3.05) is 0 Å². The number of aromatic nitrogens is 3. The molecular formula is C18H20N4O2S. The first-order valence-corrected chi connectivity index (χ1v) is 9.31. The average molecular weight is 356 g/mol. The highest BCUT2D eigenvalue weighted by Crippen LogP contribution is 2.32. The number of fused-ring (bicyclic) bond motifs is 3. The van der Waals surface area contributed by atoms with Gasteiger partial charge in [-0.3, -0.25) is 14.2 Å². The van der Waals surface area contributed by atoms with E-state index in [0.29, 0.717) is 16.1 Å². The molecule has 1 amide bonds. The lowest BCUT2D eigenvalue weighted by Gasteiger charge is -2.13. The number of carbonyl (C=O) groups excluding carboxylic acids is 1. The van der Waals surface area contributed by atoms with Crippen LogP contribution in [0.4, 0.5) is 0 Å². The molecule has 1 aliphatic rings. The molecule has 1 fully saturated rings. The van der Waals surface area contributed by atoms with Crippen LogP contribution in [-0.4, -0.2) is 26.5 Å². The second-order valence-corrected chi connectivity index (χ2v) is 7.91. The van der Waals surface area contributed by atoms with Crippen LogP contribution in [0.5, 0.6) is 0 Å². The smallest absolute Gasteiger partial charge is 0.271 e. The van der Waals surface area contributed by atoms with E-state index < -0.39 is 0 Å². The van der Waals surface area contributed by atoms with Crippen molar-refractivity contribution in [3.8, 4) is 0 Å². The number of hydrogen-bond acceptors (Lipinski definition) is 5. The molecule has 3 heterocycles. The van der Waals surface area contributed by atoms with E-state index in [0.717, 1.165) is 21.5 Å². The molecule has 25 heavy (non-hydrogen) atoms. The fourth-order valence-electron chi connectivity index (χ4n) is 3.28. The average Bonchev–Trinajstić information content (AvgIpc) is 3.31. The molecule has 1 saturated carbocycles. The molecule has 3 aromatic rings. The van der Waals surface area contributed by atoms with Crippen molar-refractivity contribution in [3.63, 3.8) is 0 Å². The van der Waals surface area contributed by atoms with E-state index in [1.54, 1.807) is 0 Å². The van der Waals surface area contributed by atoms with E-state index in [2.05, 4.69) is 15.3 Å². The van der Waals surface area contributed by atoms with Gasteiger partial charge in [0.15, 0.2) is 0 Å². The lowest BCUT2D eigenvalue weighted by Crippen LogP contribution is -2.38. The second-order valence-electron chi connectivity index (χ2n) is 6.91. The third-order valence-electron chi connectivity index (χ3n) is 4.78. The summed E-state index contributed by atoms with van der Waals surface area (Å²) in [6.07, 6.45) is 3.81. The van der Waals surface area contributed by atoms with Crippen LogP contribution in [0, 0.1) is 19.8 Å². The zero-order valence-electron chi connectivity index (χ0n) is 14.5. The van der Waals surface area contributed by atoms with Gasteiger partial charge in [0.1, 0.15) is 16.1 Å². The minimum absolute atomic E-state index is 0.00147. The first-order valence-electron chi connectivity index (χ1n) is 8.49. The molecule has 1 N–H and O–H groups in total. The largest absolute Gasteiger partial charge is 0.352 e. The van der Waals surface area contributed by atoms with Crippen LogP contribution in [0.1, 0.15) is 31.0 Å². The van der Waals surface area contributed by atoms with Gasteiger partial charge in [-0.1, -0.05) is 0 Å². The highest BCUT2D eigenvalue weighted by atomic mass is 32.1. The van der Waals surface area contributed by atoms with E-state index in [1.165, 1.54) is 35.1 Å². The summed E-state index contributed by atoms with van der Waals surface area (Å²) >= 11 is 1.35. The van der Waals surface area contributed by atoms with Gasteiger partial charge in [0.2, 0.25) is 5.91 Å². The highest BCUT2D eigenvalue weighted by molar-refractivity contribution is 7.25. The zero-order chi connectivity index (χ0) is 17.7. The Balaban J connectivity index is 1.70. The Morgan fingerprint density at radius 1 is 1.44 bits per heavy atom. The Morgan fingerprint density at radius 3 is 2.92 bits per heavy atom. The van der Waals surface area contributed by atoms with E-state index in [4.69, 9.17) is 0 Å². The fraction of sp³-hybridized carbons (Fsp3) is 0.444. The summed E-state index contributed by atoms with van der Waals surface area (Å²) in [4.78, 5) is 34.8. The standard InChI is InChI=1S/C18H20N4O2S/c1-9-6-10(2)20-17-14(9)15-16(25-17)18(24)22(8-19-15)7-13(23)21-11(3)12-4-5-12/h6,8,11-12H,4-5,7H2,1-3H3,(H,21,23)/t11-/m1/s1. The molecule has 130 valence electrons. The molecular weight excluding hydrogens is 336 g/mol. The van der Waals surface area contributed by atoms with Crippen LogP contribution < -0.4 is 10.9 Å². The number of rotatable bonds is 4. The SMILES string of the molecule is Cc1cc(C)c2c(n1)sc1c(=O)n(CC(=O)N[C@H](C)C3CC3)cnc12. The summed E-state index contributed by atoms with van der Waals surface area (Å²) in [5.41, 5.74) is 2.48. The molecule has 3 aromatic heterocycles. The number of carbonyl (C=O) groups is 1. The van der Waals surface area contributed by atoms with E-state index in [-0.39, 0.29) is 24.1 Å². The summed E-state index contributed by atoms with van der Waals surface area (Å²) in [6.45, 7) is 5.96. The van der Waals surface area contributed by atoms with Crippen LogP contribution in [0.15, 0.2) is 17.2 Å². The Kier molecular flexibility index (Phi) is 3.83. The number of nitrogens with zero attached hydrogens (tertiary/aromatic N) is 3. The lowest BCUT2D eigenvalue weighted by atomic mass is 10.1. The molecule has 1 aliphatic carbocycles. The molecule has 0 bridgehead atoms. The molecule has 0 unspecified atom stereocenters. The third-order valence-corrected chi connectivity index (χ3v) is 5.84. The first kappa shape index (κ1) is 16.2. The third kappa shape index (κ3) is 2.93. The predicted molar refractivity (Wildman–Crippen MR) is 99.0 cm³/mol. The molecule has 1 atom stereocenters. The normalized spacial score (nSPS) is 15.6. The summed E-state index contributed by atoms with van der Waals surface area (Å²) in [6, 6.07) is 2.16. The number of amides is 1. The van der Waals surface area contributed by atoms with Crippen molar-refractivity contribution in [1.29, 1.82) is 0 Å². The maximum absolute atomic E-state index is 12.8. The molecule has 4 rings (SSSR count). The molecule has 0 spiro atoms. The van der Waals surface area contributed by atoms with Crippen molar-refractivity contribution in [3.05, 3.63) is 34.0 Å². The summed E-state index contributed by atoms with van der Waals surface area (Å²) in [5.74, 6) is 0.440. The maximum atomic E-state index is 12.8. The van der Waals surface area contributed by atoms with Gasteiger partial charge in [0.05, 0.1) is 11.8 Å². The van der Waals surface area contributed by atoms with Gasteiger partial charge < -0.3 is 5.32 Å².